The third-order valence-corrected chi connectivity index (χ3v) is 3.08. The minimum absolute atomic E-state index is 0.422. The molecule has 82 valence electrons. The van der Waals surface area contributed by atoms with Gasteiger partial charge in [-0.1, -0.05) is 19.3 Å². The Bertz CT molecular complexity index is 133. The van der Waals surface area contributed by atoms with Crippen LogP contribution in [0.4, 0.5) is 0 Å². The summed E-state index contributed by atoms with van der Waals surface area (Å²) >= 11 is 0. The van der Waals surface area contributed by atoms with Gasteiger partial charge in [-0.3, -0.25) is 0 Å². The minimum atomic E-state index is 0.422. The van der Waals surface area contributed by atoms with Crippen molar-refractivity contribution in [2.45, 2.75) is 44.2 Å². The van der Waals surface area contributed by atoms with E-state index in [1.165, 1.54) is 32.1 Å². The second kappa shape index (κ2) is 5.69. The van der Waals surface area contributed by atoms with Crippen LogP contribution in [0.2, 0.25) is 0 Å². The van der Waals surface area contributed by atoms with E-state index in [0.717, 1.165) is 26.4 Å². The molecular formula is C11H21NO2. The van der Waals surface area contributed by atoms with Gasteiger partial charge in [-0.2, -0.15) is 0 Å². The molecule has 0 aromatic carbocycles. The molecule has 1 N–H and O–H groups in total. The monoisotopic (exact) mass is 199 g/mol. The molecule has 14 heavy (non-hydrogen) atoms. The Morgan fingerprint density at radius 1 is 1.21 bits per heavy atom. The van der Waals surface area contributed by atoms with Crippen molar-refractivity contribution in [1.29, 1.82) is 0 Å². The molecule has 1 atom stereocenters. The number of morpholine rings is 1. The molecule has 1 saturated carbocycles. The smallest absolute Gasteiger partial charge is 0.0645 e. The molecule has 0 bridgehead atoms. The number of nitrogens with one attached hydrogen (secondary N) is 1. The lowest BCUT2D eigenvalue weighted by Gasteiger charge is -2.27. The molecule has 0 aromatic rings. The number of ether oxygens (including phenoxy) is 2. The maximum absolute atomic E-state index is 5.88. The standard InChI is InChI=1S/C11H21NO2/c1-2-4-11(5-3-1)14-9-10-8-13-7-6-12-10/h10-12H,1-9H2. The molecule has 3 nitrogen and oxygen atoms in total. The van der Waals surface area contributed by atoms with Gasteiger partial charge >= 0.3 is 0 Å². The van der Waals surface area contributed by atoms with Crippen LogP contribution in [0.1, 0.15) is 32.1 Å². The third-order valence-electron chi connectivity index (χ3n) is 3.08. The fourth-order valence-electron chi connectivity index (χ4n) is 2.21. The third kappa shape index (κ3) is 3.23. The topological polar surface area (TPSA) is 30.5 Å². The van der Waals surface area contributed by atoms with Gasteiger partial charge in [0.1, 0.15) is 0 Å². The molecule has 0 radical (unpaired) electrons. The fraction of sp³-hybridized carbons (Fsp3) is 1.00. The van der Waals surface area contributed by atoms with Gasteiger partial charge in [0.15, 0.2) is 0 Å². The van der Waals surface area contributed by atoms with E-state index in [0.29, 0.717) is 12.1 Å². The molecule has 1 unspecified atom stereocenters. The average Bonchev–Trinajstić information content (AvgIpc) is 2.29. The van der Waals surface area contributed by atoms with E-state index < -0.39 is 0 Å². The Balaban J connectivity index is 1.60. The van der Waals surface area contributed by atoms with Crippen LogP contribution < -0.4 is 5.32 Å². The van der Waals surface area contributed by atoms with E-state index in [1.807, 2.05) is 0 Å². The van der Waals surface area contributed by atoms with E-state index in [1.54, 1.807) is 0 Å². The van der Waals surface area contributed by atoms with Crippen LogP contribution in [0.15, 0.2) is 0 Å². The lowest BCUT2D eigenvalue weighted by molar-refractivity contribution is -0.0154. The van der Waals surface area contributed by atoms with Crippen LogP contribution in [0.25, 0.3) is 0 Å². The summed E-state index contributed by atoms with van der Waals surface area (Å²) in [5.41, 5.74) is 0. The molecule has 1 aliphatic carbocycles. The molecule has 0 aromatic heterocycles. The summed E-state index contributed by atoms with van der Waals surface area (Å²) in [5.74, 6) is 0. The summed E-state index contributed by atoms with van der Waals surface area (Å²) in [5, 5.41) is 3.41. The quantitative estimate of drug-likeness (QED) is 0.743. The highest BCUT2D eigenvalue weighted by atomic mass is 16.5. The minimum Gasteiger partial charge on any atom is -0.378 e. The first-order chi connectivity index (χ1) is 6.95. The second-order valence-corrected chi connectivity index (χ2v) is 4.32. The van der Waals surface area contributed by atoms with Crippen LogP contribution in [-0.2, 0) is 9.47 Å². The lowest BCUT2D eigenvalue weighted by Crippen LogP contribution is -2.44. The first-order valence-electron chi connectivity index (χ1n) is 5.88. The predicted octanol–water partition coefficient (Wildman–Crippen LogP) is 1.32. The molecule has 0 spiro atoms. The van der Waals surface area contributed by atoms with Crippen molar-refractivity contribution in [2.24, 2.45) is 0 Å². The molecule has 0 amide bonds. The largest absolute Gasteiger partial charge is 0.378 e. The Hall–Kier alpha value is -0.120. The zero-order valence-corrected chi connectivity index (χ0v) is 8.84. The summed E-state index contributed by atoms with van der Waals surface area (Å²) in [7, 11) is 0. The van der Waals surface area contributed by atoms with E-state index in [4.69, 9.17) is 9.47 Å². The SMILES string of the molecule is C1CCC(OCC2COCCN2)CC1. The fourth-order valence-corrected chi connectivity index (χ4v) is 2.21. The van der Waals surface area contributed by atoms with Gasteiger partial charge in [-0.05, 0) is 12.8 Å². The van der Waals surface area contributed by atoms with E-state index in [9.17, 15) is 0 Å². The summed E-state index contributed by atoms with van der Waals surface area (Å²) in [6.45, 7) is 3.45. The molecule has 3 heteroatoms. The van der Waals surface area contributed by atoms with Crippen molar-refractivity contribution in [2.75, 3.05) is 26.4 Å². The van der Waals surface area contributed by atoms with Crippen molar-refractivity contribution in [3.05, 3.63) is 0 Å². The van der Waals surface area contributed by atoms with Gasteiger partial charge in [-0.25, -0.2) is 0 Å². The first kappa shape index (κ1) is 10.4. The maximum Gasteiger partial charge on any atom is 0.0645 e. The van der Waals surface area contributed by atoms with E-state index in [-0.39, 0.29) is 0 Å². The van der Waals surface area contributed by atoms with Gasteiger partial charge < -0.3 is 14.8 Å². The summed E-state index contributed by atoms with van der Waals surface area (Å²) < 4.78 is 11.3. The molecule has 2 rings (SSSR count). The van der Waals surface area contributed by atoms with Gasteiger partial charge in [0.05, 0.1) is 32.0 Å². The highest BCUT2D eigenvalue weighted by Gasteiger charge is 2.17. The summed E-state index contributed by atoms with van der Waals surface area (Å²) in [4.78, 5) is 0. The normalized spacial score (nSPS) is 30.4. The first-order valence-corrected chi connectivity index (χ1v) is 5.88. The van der Waals surface area contributed by atoms with Crippen LogP contribution >= 0.6 is 0 Å². The Morgan fingerprint density at radius 3 is 2.79 bits per heavy atom. The molecule has 2 fully saturated rings. The highest BCUT2D eigenvalue weighted by molar-refractivity contribution is 4.71. The van der Waals surface area contributed by atoms with Crippen LogP contribution in [0.5, 0.6) is 0 Å². The Labute approximate surface area is 86.2 Å². The van der Waals surface area contributed by atoms with Crippen LogP contribution in [0, 0.1) is 0 Å². The van der Waals surface area contributed by atoms with Crippen molar-refractivity contribution in [1.82, 2.24) is 5.32 Å². The summed E-state index contributed by atoms with van der Waals surface area (Å²) in [6, 6.07) is 0.422. The molecule has 1 heterocycles. The number of rotatable bonds is 3. The zero-order chi connectivity index (χ0) is 9.64. The zero-order valence-electron chi connectivity index (χ0n) is 8.84. The number of hydrogen-bond acceptors (Lipinski definition) is 3. The van der Waals surface area contributed by atoms with Crippen molar-refractivity contribution < 1.29 is 9.47 Å². The van der Waals surface area contributed by atoms with E-state index >= 15 is 0 Å². The molecular weight excluding hydrogens is 178 g/mol. The highest BCUT2D eigenvalue weighted by Crippen LogP contribution is 2.20. The molecule has 2 aliphatic rings. The average molecular weight is 199 g/mol. The lowest BCUT2D eigenvalue weighted by atomic mass is 9.98. The van der Waals surface area contributed by atoms with Crippen molar-refractivity contribution in [3.63, 3.8) is 0 Å². The van der Waals surface area contributed by atoms with Gasteiger partial charge in [0, 0.05) is 6.54 Å². The maximum atomic E-state index is 5.88. The Kier molecular flexibility index (Phi) is 4.22. The van der Waals surface area contributed by atoms with Crippen LogP contribution in [-0.4, -0.2) is 38.5 Å². The van der Waals surface area contributed by atoms with Crippen molar-refractivity contribution >= 4 is 0 Å². The van der Waals surface area contributed by atoms with Crippen LogP contribution in [0.3, 0.4) is 0 Å². The predicted molar refractivity (Wildman–Crippen MR) is 55.4 cm³/mol. The Morgan fingerprint density at radius 2 is 2.07 bits per heavy atom. The van der Waals surface area contributed by atoms with Gasteiger partial charge in [-0.15, -0.1) is 0 Å². The van der Waals surface area contributed by atoms with E-state index in [2.05, 4.69) is 5.32 Å². The second-order valence-electron chi connectivity index (χ2n) is 4.32. The summed E-state index contributed by atoms with van der Waals surface area (Å²) in [6.07, 6.45) is 7.12. The number of hydrogen-bond donors (Lipinski definition) is 1. The molecule has 1 saturated heterocycles. The molecule has 1 aliphatic heterocycles. The van der Waals surface area contributed by atoms with Gasteiger partial charge in [0.2, 0.25) is 0 Å². The van der Waals surface area contributed by atoms with Crippen molar-refractivity contribution in [3.8, 4) is 0 Å². The van der Waals surface area contributed by atoms with Gasteiger partial charge in [0.25, 0.3) is 0 Å².